The van der Waals surface area contributed by atoms with Gasteiger partial charge in [-0.2, -0.15) is 0 Å². The van der Waals surface area contributed by atoms with Crippen LogP contribution in [0.5, 0.6) is 0 Å². The van der Waals surface area contributed by atoms with Crippen molar-refractivity contribution < 1.29 is 9.13 Å². The Kier molecular flexibility index (Phi) is 3.16. The van der Waals surface area contributed by atoms with E-state index in [2.05, 4.69) is 9.88 Å². The van der Waals surface area contributed by atoms with E-state index in [0.717, 1.165) is 30.9 Å². The molecule has 0 spiro atoms. The highest BCUT2D eigenvalue weighted by Crippen LogP contribution is 2.21. The second-order valence-electron chi connectivity index (χ2n) is 3.57. The van der Waals surface area contributed by atoms with Crippen LogP contribution >= 0.6 is 0 Å². The van der Waals surface area contributed by atoms with Gasteiger partial charge in [0.05, 0.1) is 30.8 Å². The second-order valence-corrected chi connectivity index (χ2v) is 3.57. The Morgan fingerprint density at radius 1 is 1.47 bits per heavy atom. The number of ether oxygens (including phenoxy) is 1. The number of pyridine rings is 1. The number of hydrogen-bond acceptors (Lipinski definition) is 3. The molecule has 0 aliphatic carbocycles. The second kappa shape index (κ2) is 4.57. The quantitative estimate of drug-likeness (QED) is 0.741. The molecule has 15 heavy (non-hydrogen) atoms. The molecule has 4 heteroatoms. The fourth-order valence-corrected chi connectivity index (χ4v) is 1.81. The van der Waals surface area contributed by atoms with E-state index in [9.17, 15) is 4.39 Å². The summed E-state index contributed by atoms with van der Waals surface area (Å²) in [5.74, 6) is -0.270. The summed E-state index contributed by atoms with van der Waals surface area (Å²) in [4.78, 5) is 6.25. The topological polar surface area (TPSA) is 25.4 Å². The Balaban J connectivity index is 2.27. The predicted molar refractivity (Wildman–Crippen MR) is 56.6 cm³/mol. The lowest BCUT2D eigenvalue weighted by atomic mass is 10.2. The summed E-state index contributed by atoms with van der Waals surface area (Å²) in [5, 5.41) is 0. The molecule has 0 saturated carbocycles. The summed E-state index contributed by atoms with van der Waals surface area (Å²) >= 11 is 0. The van der Waals surface area contributed by atoms with Crippen LogP contribution in [-0.2, 0) is 11.2 Å². The zero-order chi connectivity index (χ0) is 10.7. The van der Waals surface area contributed by atoms with E-state index in [0.29, 0.717) is 13.2 Å². The molecule has 1 aliphatic rings. The number of halogens is 1. The predicted octanol–water partition coefficient (Wildman–Crippen LogP) is 1.62. The van der Waals surface area contributed by atoms with Crippen LogP contribution in [0.2, 0.25) is 0 Å². The maximum Gasteiger partial charge on any atom is 0.143 e. The minimum Gasteiger partial charge on any atom is -0.378 e. The van der Waals surface area contributed by atoms with E-state index in [4.69, 9.17) is 4.74 Å². The van der Waals surface area contributed by atoms with E-state index < -0.39 is 0 Å². The van der Waals surface area contributed by atoms with Crippen molar-refractivity contribution in [2.24, 2.45) is 0 Å². The summed E-state index contributed by atoms with van der Waals surface area (Å²) < 4.78 is 18.4. The summed E-state index contributed by atoms with van der Waals surface area (Å²) in [6.07, 6.45) is 2.11. The van der Waals surface area contributed by atoms with Gasteiger partial charge in [0.2, 0.25) is 0 Å². The minimum atomic E-state index is -0.270. The fraction of sp³-hybridized carbons (Fsp3) is 0.545. The number of morpholine rings is 1. The average molecular weight is 210 g/mol. The fourth-order valence-electron chi connectivity index (χ4n) is 1.81. The van der Waals surface area contributed by atoms with E-state index >= 15 is 0 Å². The van der Waals surface area contributed by atoms with E-state index in [1.54, 1.807) is 6.07 Å². The van der Waals surface area contributed by atoms with Crippen LogP contribution in [0.15, 0.2) is 12.3 Å². The van der Waals surface area contributed by atoms with Crippen molar-refractivity contribution in [3.05, 3.63) is 23.8 Å². The van der Waals surface area contributed by atoms with Gasteiger partial charge in [0.15, 0.2) is 0 Å². The lowest BCUT2D eigenvalue weighted by Gasteiger charge is -2.30. The van der Waals surface area contributed by atoms with Gasteiger partial charge in [0.25, 0.3) is 0 Å². The lowest BCUT2D eigenvalue weighted by molar-refractivity contribution is 0.122. The molecule has 0 bridgehead atoms. The molecule has 0 aromatic carbocycles. The van der Waals surface area contributed by atoms with E-state index in [1.807, 2.05) is 6.92 Å². The summed E-state index contributed by atoms with van der Waals surface area (Å²) in [7, 11) is 0. The average Bonchev–Trinajstić information content (AvgIpc) is 2.30. The first-order valence-electron chi connectivity index (χ1n) is 5.28. The zero-order valence-electron chi connectivity index (χ0n) is 8.87. The molecule has 1 aliphatic heterocycles. The number of hydrogen-bond donors (Lipinski definition) is 0. The standard InChI is InChI=1S/C11H15FN2O/c1-2-10-11(7-9(12)8-13-10)14-3-5-15-6-4-14/h7-8H,2-6H2,1H3. The Labute approximate surface area is 88.9 Å². The Morgan fingerprint density at radius 3 is 2.87 bits per heavy atom. The zero-order valence-corrected chi connectivity index (χ0v) is 8.87. The van der Waals surface area contributed by atoms with E-state index in [-0.39, 0.29) is 5.82 Å². The highest BCUT2D eigenvalue weighted by molar-refractivity contribution is 5.51. The van der Waals surface area contributed by atoms with Crippen molar-refractivity contribution in [2.45, 2.75) is 13.3 Å². The molecule has 82 valence electrons. The van der Waals surface area contributed by atoms with Crippen LogP contribution in [0.25, 0.3) is 0 Å². The molecule has 0 N–H and O–H groups in total. The van der Waals surface area contributed by atoms with Gasteiger partial charge in [0.1, 0.15) is 5.82 Å². The first-order valence-corrected chi connectivity index (χ1v) is 5.28. The molecule has 1 aromatic heterocycles. The summed E-state index contributed by atoms with van der Waals surface area (Å²) in [6.45, 7) is 5.08. The van der Waals surface area contributed by atoms with Crippen molar-refractivity contribution >= 4 is 5.69 Å². The van der Waals surface area contributed by atoms with Gasteiger partial charge < -0.3 is 9.64 Å². The van der Waals surface area contributed by atoms with Crippen LogP contribution in [0.1, 0.15) is 12.6 Å². The van der Waals surface area contributed by atoms with Crippen molar-refractivity contribution in [1.29, 1.82) is 0 Å². The van der Waals surface area contributed by atoms with Crippen LogP contribution in [-0.4, -0.2) is 31.3 Å². The molecule has 2 heterocycles. The molecule has 3 nitrogen and oxygen atoms in total. The van der Waals surface area contributed by atoms with Crippen LogP contribution in [0.4, 0.5) is 10.1 Å². The first kappa shape index (κ1) is 10.4. The molecule has 0 radical (unpaired) electrons. The van der Waals surface area contributed by atoms with Gasteiger partial charge in [-0.15, -0.1) is 0 Å². The highest BCUT2D eigenvalue weighted by atomic mass is 19.1. The molecule has 2 rings (SSSR count). The van der Waals surface area contributed by atoms with Crippen LogP contribution in [0, 0.1) is 5.82 Å². The Bertz CT molecular complexity index is 337. The van der Waals surface area contributed by atoms with Gasteiger partial charge in [0, 0.05) is 19.2 Å². The van der Waals surface area contributed by atoms with Crippen LogP contribution < -0.4 is 4.90 Å². The lowest BCUT2D eigenvalue weighted by Crippen LogP contribution is -2.37. The monoisotopic (exact) mass is 210 g/mol. The molecule has 0 atom stereocenters. The molecule has 1 fully saturated rings. The largest absolute Gasteiger partial charge is 0.378 e. The van der Waals surface area contributed by atoms with E-state index in [1.165, 1.54) is 6.20 Å². The number of nitrogens with zero attached hydrogens (tertiary/aromatic N) is 2. The highest BCUT2D eigenvalue weighted by Gasteiger charge is 2.15. The Morgan fingerprint density at radius 2 is 2.20 bits per heavy atom. The van der Waals surface area contributed by atoms with Crippen LogP contribution in [0.3, 0.4) is 0 Å². The number of aromatic nitrogens is 1. The number of anilines is 1. The molecular weight excluding hydrogens is 195 g/mol. The molecule has 0 unspecified atom stereocenters. The maximum atomic E-state index is 13.1. The normalized spacial score (nSPS) is 16.8. The third-order valence-corrected chi connectivity index (χ3v) is 2.60. The smallest absolute Gasteiger partial charge is 0.143 e. The van der Waals surface area contributed by atoms with Gasteiger partial charge >= 0.3 is 0 Å². The van der Waals surface area contributed by atoms with Gasteiger partial charge in [-0.1, -0.05) is 6.92 Å². The maximum absolute atomic E-state index is 13.1. The third-order valence-electron chi connectivity index (χ3n) is 2.60. The Hall–Kier alpha value is -1.16. The number of aryl methyl sites for hydroxylation is 1. The van der Waals surface area contributed by atoms with Crippen molar-refractivity contribution in [3.63, 3.8) is 0 Å². The minimum absolute atomic E-state index is 0.270. The molecule has 1 saturated heterocycles. The third kappa shape index (κ3) is 2.26. The van der Waals surface area contributed by atoms with Crippen molar-refractivity contribution in [3.8, 4) is 0 Å². The first-order chi connectivity index (χ1) is 7.31. The van der Waals surface area contributed by atoms with Gasteiger partial charge in [-0.3, -0.25) is 4.98 Å². The van der Waals surface area contributed by atoms with Crippen molar-refractivity contribution in [1.82, 2.24) is 4.98 Å². The summed E-state index contributed by atoms with van der Waals surface area (Å²) in [6, 6.07) is 1.57. The number of rotatable bonds is 2. The molecule has 1 aromatic rings. The molecule has 0 amide bonds. The van der Waals surface area contributed by atoms with Gasteiger partial charge in [-0.05, 0) is 6.42 Å². The SMILES string of the molecule is CCc1ncc(F)cc1N1CCOCC1. The molecular formula is C11H15FN2O. The summed E-state index contributed by atoms with van der Waals surface area (Å²) in [5.41, 5.74) is 1.87. The van der Waals surface area contributed by atoms with Gasteiger partial charge in [-0.25, -0.2) is 4.39 Å². The van der Waals surface area contributed by atoms with Crippen molar-refractivity contribution in [2.75, 3.05) is 31.2 Å².